The molecular weight excluding hydrogens is 332 g/mol. The summed E-state index contributed by atoms with van der Waals surface area (Å²) in [5.74, 6) is -0.236. The minimum absolute atomic E-state index is 0.0139. The Balaban J connectivity index is 1.62. The van der Waals surface area contributed by atoms with Crippen molar-refractivity contribution in [3.8, 4) is 0 Å². The van der Waals surface area contributed by atoms with Gasteiger partial charge in [0.25, 0.3) is 17.4 Å². The van der Waals surface area contributed by atoms with Crippen LogP contribution in [0.2, 0.25) is 0 Å². The molecule has 2 heterocycles. The number of aromatic nitrogens is 2. The normalized spacial score (nSPS) is 14.4. The topological polar surface area (TPSA) is 75.5 Å². The highest BCUT2D eigenvalue weighted by Gasteiger charge is 2.26. The Morgan fingerprint density at radius 3 is 2.04 bits per heavy atom. The van der Waals surface area contributed by atoms with E-state index in [-0.39, 0.29) is 23.1 Å². The molecule has 0 saturated carbocycles. The van der Waals surface area contributed by atoms with Crippen molar-refractivity contribution in [2.45, 2.75) is 13.3 Å². The second kappa shape index (κ2) is 7.51. The smallest absolute Gasteiger partial charge is 0.274 e. The molecule has 0 atom stereocenters. The number of rotatable bonds is 3. The van der Waals surface area contributed by atoms with Crippen LogP contribution in [0.4, 0.5) is 0 Å². The van der Waals surface area contributed by atoms with Gasteiger partial charge >= 0.3 is 0 Å². The maximum Gasteiger partial charge on any atom is 0.274 e. The summed E-state index contributed by atoms with van der Waals surface area (Å²) >= 11 is 0. The summed E-state index contributed by atoms with van der Waals surface area (Å²) in [5.41, 5.74) is 1.84. The van der Waals surface area contributed by atoms with E-state index in [1.165, 1.54) is 24.7 Å². The lowest BCUT2D eigenvalue weighted by Crippen LogP contribution is -2.50. The van der Waals surface area contributed by atoms with Crippen molar-refractivity contribution in [3.05, 3.63) is 63.6 Å². The first-order valence-corrected chi connectivity index (χ1v) is 8.71. The molecule has 1 aliphatic heterocycles. The van der Waals surface area contributed by atoms with E-state index >= 15 is 0 Å². The predicted octanol–water partition coefficient (Wildman–Crippen LogP) is 0.941. The third-order valence-corrected chi connectivity index (χ3v) is 4.64. The summed E-state index contributed by atoms with van der Waals surface area (Å²) in [6, 6.07) is 10.4. The Morgan fingerprint density at radius 1 is 0.923 bits per heavy atom. The Bertz CT molecular complexity index is 865. The van der Waals surface area contributed by atoms with Crippen LogP contribution in [-0.2, 0) is 13.5 Å². The van der Waals surface area contributed by atoms with Gasteiger partial charge in [0, 0.05) is 44.9 Å². The molecule has 7 nitrogen and oxygen atoms in total. The molecule has 0 radical (unpaired) electrons. The van der Waals surface area contributed by atoms with Gasteiger partial charge in [0.15, 0.2) is 0 Å². The SMILES string of the molecule is CCc1ccc(C(=O)N2CCN(C(=O)c3ccc(=O)n(C)n3)CC2)cc1. The molecule has 2 aromatic rings. The number of nitrogens with zero attached hydrogens (tertiary/aromatic N) is 4. The second-order valence-electron chi connectivity index (χ2n) is 6.32. The summed E-state index contributed by atoms with van der Waals surface area (Å²) in [6.45, 7) is 3.93. The largest absolute Gasteiger partial charge is 0.335 e. The van der Waals surface area contributed by atoms with Crippen LogP contribution in [0.5, 0.6) is 0 Å². The minimum Gasteiger partial charge on any atom is -0.335 e. The van der Waals surface area contributed by atoms with Crippen molar-refractivity contribution >= 4 is 11.8 Å². The van der Waals surface area contributed by atoms with Crippen molar-refractivity contribution in [2.75, 3.05) is 26.2 Å². The van der Waals surface area contributed by atoms with Gasteiger partial charge in [0.2, 0.25) is 0 Å². The summed E-state index contributed by atoms with van der Waals surface area (Å²) < 4.78 is 1.15. The van der Waals surface area contributed by atoms with Crippen LogP contribution < -0.4 is 5.56 Å². The van der Waals surface area contributed by atoms with E-state index in [2.05, 4.69) is 12.0 Å². The van der Waals surface area contributed by atoms with Gasteiger partial charge in [-0.25, -0.2) is 4.68 Å². The van der Waals surface area contributed by atoms with Gasteiger partial charge in [-0.1, -0.05) is 19.1 Å². The highest BCUT2D eigenvalue weighted by atomic mass is 16.2. The van der Waals surface area contributed by atoms with Crippen molar-refractivity contribution in [3.63, 3.8) is 0 Å². The van der Waals surface area contributed by atoms with Crippen molar-refractivity contribution in [1.29, 1.82) is 0 Å². The molecule has 0 aliphatic carbocycles. The average molecular weight is 354 g/mol. The average Bonchev–Trinajstić information content (AvgIpc) is 2.69. The van der Waals surface area contributed by atoms with Crippen LogP contribution in [0.3, 0.4) is 0 Å². The number of hydrogen-bond acceptors (Lipinski definition) is 4. The van der Waals surface area contributed by atoms with Crippen molar-refractivity contribution in [2.24, 2.45) is 7.05 Å². The predicted molar refractivity (Wildman–Crippen MR) is 97.1 cm³/mol. The molecule has 1 fully saturated rings. The highest BCUT2D eigenvalue weighted by molar-refractivity contribution is 5.95. The Hall–Kier alpha value is -2.96. The lowest BCUT2D eigenvalue weighted by atomic mass is 10.1. The summed E-state index contributed by atoms with van der Waals surface area (Å²) in [6.07, 6.45) is 0.939. The van der Waals surface area contributed by atoms with E-state index in [9.17, 15) is 14.4 Å². The summed E-state index contributed by atoms with van der Waals surface area (Å²) in [4.78, 5) is 39.9. The zero-order chi connectivity index (χ0) is 18.7. The zero-order valence-electron chi connectivity index (χ0n) is 15.0. The molecular formula is C19H22N4O3. The molecule has 7 heteroatoms. The molecule has 0 spiro atoms. The van der Waals surface area contributed by atoms with Gasteiger partial charge < -0.3 is 9.80 Å². The van der Waals surface area contributed by atoms with Crippen LogP contribution in [-0.4, -0.2) is 57.6 Å². The lowest BCUT2D eigenvalue weighted by Gasteiger charge is -2.34. The Labute approximate surface area is 151 Å². The van der Waals surface area contributed by atoms with E-state index in [4.69, 9.17) is 0 Å². The van der Waals surface area contributed by atoms with Crippen LogP contribution >= 0.6 is 0 Å². The van der Waals surface area contributed by atoms with Crippen molar-refractivity contribution < 1.29 is 9.59 Å². The minimum atomic E-state index is -0.258. The maximum absolute atomic E-state index is 12.6. The molecule has 2 amide bonds. The van der Waals surface area contributed by atoms with Crippen LogP contribution in [0.15, 0.2) is 41.2 Å². The number of aryl methyl sites for hydroxylation is 2. The highest BCUT2D eigenvalue weighted by Crippen LogP contribution is 2.12. The standard InChI is InChI=1S/C19H22N4O3/c1-3-14-4-6-15(7-5-14)18(25)22-10-12-23(13-11-22)19(26)16-8-9-17(24)21(2)20-16/h4-9H,3,10-13H2,1-2H3. The fourth-order valence-corrected chi connectivity index (χ4v) is 2.96. The van der Waals surface area contributed by atoms with Gasteiger partial charge in [0.05, 0.1) is 0 Å². The lowest BCUT2D eigenvalue weighted by molar-refractivity contribution is 0.0531. The summed E-state index contributed by atoms with van der Waals surface area (Å²) in [7, 11) is 1.51. The molecule has 0 unspecified atom stereocenters. The number of carbonyl (C=O) groups excluding carboxylic acids is 2. The number of amides is 2. The summed E-state index contributed by atoms with van der Waals surface area (Å²) in [5, 5.41) is 4.00. The molecule has 136 valence electrons. The van der Waals surface area contributed by atoms with Gasteiger partial charge in [-0.15, -0.1) is 0 Å². The quantitative estimate of drug-likeness (QED) is 0.822. The maximum atomic E-state index is 12.6. The Kier molecular flexibility index (Phi) is 5.16. The third-order valence-electron chi connectivity index (χ3n) is 4.64. The first-order chi connectivity index (χ1) is 12.5. The fraction of sp³-hybridized carbons (Fsp3) is 0.368. The van der Waals surface area contributed by atoms with Crippen LogP contribution in [0.25, 0.3) is 0 Å². The molecule has 0 bridgehead atoms. The molecule has 1 aliphatic rings. The van der Waals surface area contributed by atoms with Gasteiger partial charge in [-0.05, 0) is 30.2 Å². The van der Waals surface area contributed by atoms with Crippen LogP contribution in [0, 0.1) is 0 Å². The first kappa shape index (κ1) is 17.8. The van der Waals surface area contributed by atoms with Gasteiger partial charge in [0.1, 0.15) is 5.69 Å². The van der Waals surface area contributed by atoms with Gasteiger partial charge in [-0.3, -0.25) is 14.4 Å². The monoisotopic (exact) mass is 354 g/mol. The van der Waals surface area contributed by atoms with E-state index in [1.54, 1.807) is 9.80 Å². The molecule has 1 saturated heterocycles. The zero-order valence-corrected chi connectivity index (χ0v) is 15.0. The van der Waals surface area contributed by atoms with Crippen molar-refractivity contribution in [1.82, 2.24) is 19.6 Å². The second-order valence-corrected chi connectivity index (χ2v) is 6.32. The van der Waals surface area contributed by atoms with Gasteiger partial charge in [-0.2, -0.15) is 5.10 Å². The molecule has 1 aromatic heterocycles. The van der Waals surface area contributed by atoms with E-state index in [0.29, 0.717) is 31.7 Å². The van der Waals surface area contributed by atoms with E-state index in [1.807, 2.05) is 24.3 Å². The number of piperazine rings is 1. The number of benzene rings is 1. The van der Waals surface area contributed by atoms with E-state index in [0.717, 1.165) is 11.1 Å². The fourth-order valence-electron chi connectivity index (χ4n) is 2.96. The van der Waals surface area contributed by atoms with E-state index < -0.39 is 0 Å². The number of carbonyl (C=O) groups is 2. The first-order valence-electron chi connectivity index (χ1n) is 8.71. The molecule has 3 rings (SSSR count). The molecule has 26 heavy (non-hydrogen) atoms. The Morgan fingerprint density at radius 2 is 1.50 bits per heavy atom. The number of hydrogen-bond donors (Lipinski definition) is 0. The third kappa shape index (κ3) is 3.66. The van der Waals surface area contributed by atoms with Crippen LogP contribution in [0.1, 0.15) is 33.3 Å². The molecule has 0 N–H and O–H groups in total. The molecule has 1 aromatic carbocycles.